The summed E-state index contributed by atoms with van der Waals surface area (Å²) in [4.78, 5) is 23.7. The first-order valence-electron chi connectivity index (χ1n) is 8.09. The van der Waals surface area contributed by atoms with Crippen molar-refractivity contribution < 1.29 is 27.5 Å². The van der Waals surface area contributed by atoms with Gasteiger partial charge in [-0.3, -0.25) is 4.79 Å². The summed E-state index contributed by atoms with van der Waals surface area (Å²) < 4.78 is 35.7. The fourth-order valence-corrected chi connectivity index (χ4v) is 2.85. The quantitative estimate of drug-likeness (QED) is 0.663. The Kier molecular flexibility index (Phi) is 6.91. The predicted molar refractivity (Wildman–Crippen MR) is 99.2 cm³/mol. The maximum absolute atomic E-state index is 12.3. The number of amides is 1. The fourth-order valence-electron chi connectivity index (χ4n) is 2.12. The molecule has 8 nitrogen and oxygen atoms in total. The van der Waals surface area contributed by atoms with Gasteiger partial charge in [0.1, 0.15) is 5.75 Å². The molecule has 0 heterocycles. The molecule has 0 radical (unpaired) electrons. The molecule has 0 spiro atoms. The van der Waals surface area contributed by atoms with E-state index in [4.69, 9.17) is 9.47 Å². The normalized spacial score (nSPS) is 10.9. The number of rotatable bonds is 8. The minimum atomic E-state index is -3.56. The fraction of sp³-hybridized carbons (Fsp3) is 0.222. The molecule has 0 aromatic heterocycles. The molecule has 2 N–H and O–H groups in total. The Morgan fingerprint density at radius 2 is 1.78 bits per heavy atom. The number of carbonyl (C=O) groups excluding carboxylic acids is 2. The molecule has 0 aliphatic heterocycles. The van der Waals surface area contributed by atoms with Crippen molar-refractivity contribution in [3.8, 4) is 5.75 Å². The standard InChI is InChI=1S/C18H20N2O6S/c1-3-25-17(21)12-26-15-6-4-5-14(11-15)20-18(22)13-7-9-16(10-8-13)27(23,24)19-2/h4-11,19H,3,12H2,1-2H3,(H,20,22). The van der Waals surface area contributed by atoms with Crippen molar-refractivity contribution in [1.82, 2.24) is 4.72 Å². The van der Waals surface area contributed by atoms with Crippen LogP contribution in [0.25, 0.3) is 0 Å². The zero-order valence-electron chi connectivity index (χ0n) is 14.9. The van der Waals surface area contributed by atoms with E-state index in [1.165, 1.54) is 31.3 Å². The number of hydrogen-bond acceptors (Lipinski definition) is 6. The second-order valence-electron chi connectivity index (χ2n) is 5.31. The van der Waals surface area contributed by atoms with Crippen LogP contribution in [-0.2, 0) is 19.6 Å². The summed E-state index contributed by atoms with van der Waals surface area (Å²) >= 11 is 0. The maximum Gasteiger partial charge on any atom is 0.344 e. The molecule has 9 heteroatoms. The SMILES string of the molecule is CCOC(=O)COc1cccc(NC(=O)c2ccc(S(=O)(=O)NC)cc2)c1. The summed E-state index contributed by atoms with van der Waals surface area (Å²) in [6.45, 7) is 1.74. The Hall–Kier alpha value is -2.91. The van der Waals surface area contributed by atoms with Crippen molar-refractivity contribution in [3.05, 3.63) is 54.1 Å². The number of hydrogen-bond donors (Lipinski definition) is 2. The zero-order valence-corrected chi connectivity index (χ0v) is 15.7. The van der Waals surface area contributed by atoms with E-state index in [9.17, 15) is 18.0 Å². The minimum Gasteiger partial charge on any atom is -0.482 e. The molecular formula is C18H20N2O6S. The van der Waals surface area contributed by atoms with Gasteiger partial charge >= 0.3 is 5.97 Å². The molecule has 0 saturated carbocycles. The lowest BCUT2D eigenvalue weighted by atomic mass is 10.2. The van der Waals surface area contributed by atoms with Gasteiger partial charge in [0.15, 0.2) is 6.61 Å². The molecule has 0 saturated heterocycles. The molecule has 27 heavy (non-hydrogen) atoms. The summed E-state index contributed by atoms with van der Waals surface area (Å²) in [7, 11) is -2.25. The topological polar surface area (TPSA) is 111 Å². The maximum atomic E-state index is 12.3. The van der Waals surface area contributed by atoms with Crippen LogP contribution in [0.4, 0.5) is 5.69 Å². The van der Waals surface area contributed by atoms with E-state index in [1.54, 1.807) is 31.2 Å². The van der Waals surface area contributed by atoms with Crippen LogP contribution in [0, 0.1) is 0 Å². The molecule has 0 aliphatic carbocycles. The summed E-state index contributed by atoms with van der Waals surface area (Å²) in [6.07, 6.45) is 0. The van der Waals surface area contributed by atoms with Gasteiger partial charge in [0.05, 0.1) is 11.5 Å². The van der Waals surface area contributed by atoms with Gasteiger partial charge in [0.25, 0.3) is 5.91 Å². The Balaban J connectivity index is 2.03. The van der Waals surface area contributed by atoms with Crippen LogP contribution in [0.1, 0.15) is 17.3 Å². The van der Waals surface area contributed by atoms with Crippen LogP contribution in [-0.4, -0.2) is 40.6 Å². The number of carbonyl (C=O) groups is 2. The highest BCUT2D eigenvalue weighted by molar-refractivity contribution is 7.89. The van der Waals surface area contributed by atoms with Crippen molar-refractivity contribution in [3.63, 3.8) is 0 Å². The monoisotopic (exact) mass is 392 g/mol. The summed E-state index contributed by atoms with van der Waals surface area (Å²) in [6, 6.07) is 12.1. The van der Waals surface area contributed by atoms with Crippen LogP contribution in [0.3, 0.4) is 0 Å². The first kappa shape index (κ1) is 20.4. The zero-order chi connectivity index (χ0) is 19.9. The third-order valence-electron chi connectivity index (χ3n) is 3.45. The van der Waals surface area contributed by atoms with Crippen molar-refractivity contribution in [1.29, 1.82) is 0 Å². The highest BCUT2D eigenvalue weighted by Crippen LogP contribution is 2.19. The summed E-state index contributed by atoms with van der Waals surface area (Å²) in [5, 5.41) is 2.68. The first-order chi connectivity index (χ1) is 12.9. The van der Waals surface area contributed by atoms with E-state index >= 15 is 0 Å². The molecule has 0 aliphatic rings. The molecule has 1 amide bonds. The first-order valence-corrected chi connectivity index (χ1v) is 9.57. The van der Waals surface area contributed by atoms with E-state index in [2.05, 4.69) is 10.0 Å². The summed E-state index contributed by atoms with van der Waals surface area (Å²) in [5.74, 6) is -0.495. The molecule has 2 aromatic carbocycles. The van der Waals surface area contributed by atoms with E-state index in [0.717, 1.165) is 0 Å². The third kappa shape index (κ3) is 5.80. The van der Waals surface area contributed by atoms with Gasteiger partial charge in [0, 0.05) is 17.3 Å². The highest BCUT2D eigenvalue weighted by Gasteiger charge is 2.13. The lowest BCUT2D eigenvalue weighted by Crippen LogP contribution is -2.19. The molecule has 0 atom stereocenters. The second-order valence-corrected chi connectivity index (χ2v) is 7.19. The van der Waals surface area contributed by atoms with Gasteiger partial charge < -0.3 is 14.8 Å². The van der Waals surface area contributed by atoms with E-state index < -0.39 is 21.9 Å². The van der Waals surface area contributed by atoms with Crippen LogP contribution in [0.5, 0.6) is 5.75 Å². The molecular weight excluding hydrogens is 372 g/mol. The number of nitrogens with one attached hydrogen (secondary N) is 2. The summed E-state index contributed by atoms with van der Waals surface area (Å²) in [5.41, 5.74) is 0.760. The Bertz CT molecular complexity index is 910. The lowest BCUT2D eigenvalue weighted by molar-refractivity contribution is -0.145. The van der Waals surface area contributed by atoms with Gasteiger partial charge in [-0.25, -0.2) is 17.9 Å². The van der Waals surface area contributed by atoms with Crippen LogP contribution in [0.15, 0.2) is 53.4 Å². The van der Waals surface area contributed by atoms with E-state index in [0.29, 0.717) is 17.0 Å². The van der Waals surface area contributed by atoms with E-state index in [1.807, 2.05) is 0 Å². The smallest absolute Gasteiger partial charge is 0.344 e. The van der Waals surface area contributed by atoms with Crippen LogP contribution in [0.2, 0.25) is 0 Å². The highest BCUT2D eigenvalue weighted by atomic mass is 32.2. The van der Waals surface area contributed by atoms with Gasteiger partial charge in [-0.15, -0.1) is 0 Å². The molecule has 144 valence electrons. The van der Waals surface area contributed by atoms with Crippen molar-refractivity contribution in [2.24, 2.45) is 0 Å². The number of esters is 1. The van der Waals surface area contributed by atoms with Gasteiger partial charge in [-0.2, -0.15) is 0 Å². The predicted octanol–water partition coefficient (Wildman–Crippen LogP) is 1.79. The van der Waals surface area contributed by atoms with Crippen LogP contribution < -0.4 is 14.8 Å². The number of ether oxygens (including phenoxy) is 2. The molecule has 0 fully saturated rings. The Morgan fingerprint density at radius 1 is 1.07 bits per heavy atom. The van der Waals surface area contributed by atoms with Crippen molar-refractivity contribution in [2.45, 2.75) is 11.8 Å². The second kappa shape index (κ2) is 9.15. The largest absolute Gasteiger partial charge is 0.482 e. The molecule has 0 unspecified atom stereocenters. The van der Waals surface area contributed by atoms with Gasteiger partial charge in [0.2, 0.25) is 10.0 Å². The average Bonchev–Trinajstić information content (AvgIpc) is 2.67. The molecule has 2 rings (SSSR count). The number of anilines is 1. The third-order valence-corrected chi connectivity index (χ3v) is 4.88. The Labute approximate surface area is 157 Å². The van der Waals surface area contributed by atoms with E-state index in [-0.39, 0.29) is 18.1 Å². The lowest BCUT2D eigenvalue weighted by Gasteiger charge is -2.09. The minimum absolute atomic E-state index is 0.0657. The van der Waals surface area contributed by atoms with Crippen molar-refractivity contribution >= 4 is 27.6 Å². The van der Waals surface area contributed by atoms with Crippen LogP contribution >= 0.6 is 0 Å². The molecule has 2 aromatic rings. The van der Waals surface area contributed by atoms with Crippen molar-refractivity contribution in [2.75, 3.05) is 25.6 Å². The average molecular weight is 392 g/mol. The van der Waals surface area contributed by atoms with Gasteiger partial charge in [-0.05, 0) is 50.4 Å². The van der Waals surface area contributed by atoms with Gasteiger partial charge in [-0.1, -0.05) is 6.07 Å². The number of sulfonamides is 1. The Morgan fingerprint density at radius 3 is 2.41 bits per heavy atom. The number of benzene rings is 2. The molecule has 0 bridgehead atoms.